The van der Waals surface area contributed by atoms with Crippen molar-refractivity contribution in [2.45, 2.75) is 13.5 Å². The van der Waals surface area contributed by atoms with Gasteiger partial charge in [-0.3, -0.25) is 0 Å². The van der Waals surface area contributed by atoms with Crippen LogP contribution in [0.2, 0.25) is 0 Å². The van der Waals surface area contributed by atoms with Crippen molar-refractivity contribution in [3.05, 3.63) is 41.6 Å². The quantitative estimate of drug-likeness (QED) is 0.348. The smallest absolute Gasteiger partial charge is 0.189 e. The van der Waals surface area contributed by atoms with Crippen molar-refractivity contribution in [1.82, 2.24) is 10.3 Å². The second-order valence-corrected chi connectivity index (χ2v) is 4.99. The minimum atomic E-state index is 0. The van der Waals surface area contributed by atoms with Gasteiger partial charge in [0.15, 0.2) is 16.7 Å². The minimum Gasteiger partial charge on any atom is -0.462 e. The number of halogens is 1. The van der Waals surface area contributed by atoms with Crippen LogP contribution in [0.3, 0.4) is 0 Å². The molecule has 2 aromatic rings. The molecule has 0 aliphatic carbocycles. The minimum absolute atomic E-state index is 0. The van der Waals surface area contributed by atoms with Gasteiger partial charge in [-0.2, -0.15) is 0 Å². The molecule has 0 bridgehead atoms. The zero-order valence-corrected chi connectivity index (χ0v) is 14.3. The summed E-state index contributed by atoms with van der Waals surface area (Å²) in [7, 11) is 0. The predicted molar refractivity (Wildman–Crippen MR) is 93.4 cm³/mol. The molecule has 5 nitrogen and oxygen atoms in total. The first-order valence-corrected chi connectivity index (χ1v) is 6.69. The molecule has 0 amide bonds. The molecule has 108 valence electrons. The lowest BCUT2D eigenvalue weighted by Crippen LogP contribution is -2.32. The highest BCUT2D eigenvalue weighted by atomic mass is 127. The molecule has 0 saturated carbocycles. The Labute approximate surface area is 139 Å². The summed E-state index contributed by atoms with van der Waals surface area (Å²) in [6.45, 7) is 6.79. The van der Waals surface area contributed by atoms with Crippen molar-refractivity contribution in [3.8, 4) is 10.8 Å². The van der Waals surface area contributed by atoms with Gasteiger partial charge >= 0.3 is 0 Å². The van der Waals surface area contributed by atoms with E-state index in [0.29, 0.717) is 19.0 Å². The lowest BCUT2D eigenvalue weighted by molar-refractivity contribution is 0.581. The van der Waals surface area contributed by atoms with Crippen LogP contribution < -0.4 is 11.1 Å². The molecular formula is C13H17IN4OS. The van der Waals surface area contributed by atoms with Crippen LogP contribution >= 0.6 is 35.3 Å². The average molecular weight is 404 g/mol. The van der Waals surface area contributed by atoms with Gasteiger partial charge in [-0.05, 0) is 19.1 Å². The van der Waals surface area contributed by atoms with E-state index >= 15 is 0 Å². The maximum absolute atomic E-state index is 5.73. The first kappa shape index (κ1) is 16.7. The summed E-state index contributed by atoms with van der Waals surface area (Å²) in [6.07, 6.45) is 1.63. The zero-order valence-electron chi connectivity index (χ0n) is 11.1. The molecule has 2 heterocycles. The number of thiazole rings is 1. The number of aliphatic imine (C=N–C) groups is 1. The molecule has 0 aliphatic heterocycles. The molecule has 7 heteroatoms. The Bertz CT molecular complexity index is 577. The van der Waals surface area contributed by atoms with E-state index in [4.69, 9.17) is 10.2 Å². The maximum atomic E-state index is 5.73. The third kappa shape index (κ3) is 4.97. The zero-order chi connectivity index (χ0) is 13.7. The lowest BCUT2D eigenvalue weighted by Gasteiger charge is -2.03. The van der Waals surface area contributed by atoms with E-state index in [1.54, 1.807) is 6.26 Å². The molecule has 0 fully saturated rings. The largest absolute Gasteiger partial charge is 0.462 e. The van der Waals surface area contributed by atoms with E-state index in [1.165, 1.54) is 11.3 Å². The van der Waals surface area contributed by atoms with Crippen LogP contribution in [0.4, 0.5) is 0 Å². The number of nitrogens with zero attached hydrogens (tertiary/aromatic N) is 2. The number of hydrogen-bond donors (Lipinski definition) is 2. The van der Waals surface area contributed by atoms with Gasteiger partial charge in [-0.25, -0.2) is 9.98 Å². The Morgan fingerprint density at radius 3 is 3.05 bits per heavy atom. The van der Waals surface area contributed by atoms with Gasteiger partial charge in [0.25, 0.3) is 0 Å². The molecule has 20 heavy (non-hydrogen) atoms. The predicted octanol–water partition coefficient (Wildman–Crippen LogP) is 3.00. The van der Waals surface area contributed by atoms with Gasteiger partial charge in [0.2, 0.25) is 0 Å². The van der Waals surface area contributed by atoms with Crippen molar-refractivity contribution >= 4 is 41.3 Å². The monoisotopic (exact) mass is 404 g/mol. The molecule has 2 aromatic heterocycles. The molecule has 0 atom stereocenters. The third-order valence-corrected chi connectivity index (χ3v) is 3.17. The maximum Gasteiger partial charge on any atom is 0.189 e. The topological polar surface area (TPSA) is 76.4 Å². The summed E-state index contributed by atoms with van der Waals surface area (Å²) >= 11 is 1.53. The van der Waals surface area contributed by atoms with E-state index in [9.17, 15) is 0 Å². The Morgan fingerprint density at radius 1 is 1.60 bits per heavy atom. The molecule has 2 rings (SSSR count). The van der Waals surface area contributed by atoms with Gasteiger partial charge in [0.1, 0.15) is 0 Å². The van der Waals surface area contributed by atoms with E-state index in [-0.39, 0.29) is 24.0 Å². The number of aromatic nitrogens is 1. The second kappa shape index (κ2) is 8.05. The molecule has 0 aromatic carbocycles. The summed E-state index contributed by atoms with van der Waals surface area (Å²) in [6, 6.07) is 3.72. The van der Waals surface area contributed by atoms with Crippen molar-refractivity contribution in [1.29, 1.82) is 0 Å². The second-order valence-electron chi connectivity index (χ2n) is 4.13. The van der Waals surface area contributed by atoms with Crippen molar-refractivity contribution in [2.75, 3.05) is 6.54 Å². The van der Waals surface area contributed by atoms with E-state index in [2.05, 4.69) is 21.9 Å². The standard InChI is InChI=1S/C13H16N4OS.HI/c1-9(2)6-15-13(14)16-7-10-8-19-12(17-10)11-4-3-5-18-11;/h3-5,8H,1,6-7H2,2H3,(H3,14,15,16);1H. The first-order valence-electron chi connectivity index (χ1n) is 5.81. The fraction of sp³-hybridized carbons (Fsp3) is 0.231. The molecule has 3 N–H and O–H groups in total. The van der Waals surface area contributed by atoms with Crippen LogP contribution in [-0.2, 0) is 6.54 Å². The van der Waals surface area contributed by atoms with Crippen LogP contribution in [0.1, 0.15) is 12.6 Å². The Kier molecular flexibility index (Phi) is 6.73. The lowest BCUT2D eigenvalue weighted by atomic mass is 10.3. The third-order valence-electron chi connectivity index (χ3n) is 2.27. The number of hydrogen-bond acceptors (Lipinski definition) is 4. The summed E-state index contributed by atoms with van der Waals surface area (Å²) in [4.78, 5) is 8.65. The summed E-state index contributed by atoms with van der Waals surface area (Å²) in [5.41, 5.74) is 7.60. The summed E-state index contributed by atoms with van der Waals surface area (Å²) in [5.74, 6) is 1.17. The highest BCUT2D eigenvalue weighted by Gasteiger charge is 2.06. The highest BCUT2D eigenvalue weighted by molar-refractivity contribution is 14.0. The van der Waals surface area contributed by atoms with Crippen LogP contribution in [0.5, 0.6) is 0 Å². The van der Waals surface area contributed by atoms with Crippen molar-refractivity contribution in [2.24, 2.45) is 10.7 Å². The average Bonchev–Trinajstić information content (AvgIpc) is 3.03. The van der Waals surface area contributed by atoms with Crippen molar-refractivity contribution < 1.29 is 4.42 Å². The molecule has 0 spiro atoms. The number of guanidine groups is 1. The molecule has 0 unspecified atom stereocenters. The van der Waals surface area contributed by atoms with Gasteiger partial charge in [0, 0.05) is 11.9 Å². The highest BCUT2D eigenvalue weighted by Crippen LogP contribution is 2.24. The fourth-order valence-corrected chi connectivity index (χ4v) is 2.13. The normalized spacial score (nSPS) is 10.9. The molecule has 0 aliphatic rings. The number of nitrogens with two attached hydrogens (primary N) is 1. The van der Waals surface area contributed by atoms with Gasteiger partial charge in [-0.15, -0.1) is 35.3 Å². The molecule has 0 radical (unpaired) electrons. The van der Waals surface area contributed by atoms with Crippen LogP contribution in [0.25, 0.3) is 10.8 Å². The van der Waals surface area contributed by atoms with Crippen LogP contribution in [0, 0.1) is 0 Å². The van der Waals surface area contributed by atoms with E-state index in [1.807, 2.05) is 24.4 Å². The Balaban J connectivity index is 0.00000200. The number of nitrogens with one attached hydrogen (secondary N) is 1. The van der Waals surface area contributed by atoms with Gasteiger partial charge < -0.3 is 15.5 Å². The van der Waals surface area contributed by atoms with E-state index in [0.717, 1.165) is 22.0 Å². The van der Waals surface area contributed by atoms with Crippen LogP contribution in [-0.4, -0.2) is 17.5 Å². The SMILES string of the molecule is C=C(C)CNC(N)=NCc1csc(-c2ccco2)n1.I. The van der Waals surface area contributed by atoms with Crippen molar-refractivity contribution in [3.63, 3.8) is 0 Å². The number of furan rings is 1. The van der Waals surface area contributed by atoms with E-state index < -0.39 is 0 Å². The molecular weight excluding hydrogens is 387 g/mol. The Morgan fingerprint density at radius 2 is 2.40 bits per heavy atom. The summed E-state index contributed by atoms with van der Waals surface area (Å²) in [5, 5.41) is 5.77. The van der Waals surface area contributed by atoms with Gasteiger partial charge in [0.05, 0.1) is 18.5 Å². The number of rotatable bonds is 5. The van der Waals surface area contributed by atoms with Gasteiger partial charge in [-0.1, -0.05) is 12.2 Å². The first-order chi connectivity index (χ1) is 9.15. The molecule has 0 saturated heterocycles. The van der Waals surface area contributed by atoms with Crippen LogP contribution in [0.15, 0.2) is 45.3 Å². The summed E-state index contributed by atoms with van der Waals surface area (Å²) < 4.78 is 5.29. The fourth-order valence-electron chi connectivity index (χ4n) is 1.36. The Hall–Kier alpha value is -1.35.